The van der Waals surface area contributed by atoms with Crippen molar-refractivity contribution in [2.45, 2.75) is 186 Å². The van der Waals surface area contributed by atoms with Gasteiger partial charge in [-0.25, -0.2) is 4.57 Å². The minimum absolute atomic E-state index is 0.0783. The van der Waals surface area contributed by atoms with Gasteiger partial charge in [-0.15, -0.1) is 0 Å². The van der Waals surface area contributed by atoms with Gasteiger partial charge >= 0.3 is 19.8 Å². The van der Waals surface area contributed by atoms with Crippen LogP contribution in [0.5, 0.6) is 0 Å². The Hall–Kier alpha value is -2.81. The number of epoxide rings is 1. The summed E-state index contributed by atoms with van der Waals surface area (Å²) in [6.07, 6.45) is 53.5. The number of ether oxygens (including phenoxy) is 3. The topological polar surface area (TPSA) is 132 Å². The summed E-state index contributed by atoms with van der Waals surface area (Å²) in [5, 5.41) is 0. The molecule has 324 valence electrons. The maximum atomic E-state index is 12.4. The van der Waals surface area contributed by atoms with E-state index < -0.39 is 32.5 Å². The van der Waals surface area contributed by atoms with E-state index in [1.807, 2.05) is 12.2 Å². The summed E-state index contributed by atoms with van der Waals surface area (Å²) in [7, 11) is -4.79. The number of unbranched alkanes of at least 4 members (excludes halogenated alkanes) is 12. The minimum atomic E-state index is -4.79. The summed E-state index contributed by atoms with van der Waals surface area (Å²) >= 11 is 0. The summed E-state index contributed by atoms with van der Waals surface area (Å²) in [6.45, 7) is 3.47. The molecule has 0 radical (unpaired) electrons. The molecular weight excluding hydrogens is 739 g/mol. The lowest BCUT2D eigenvalue weighted by Gasteiger charge is -2.18. The van der Waals surface area contributed by atoms with Gasteiger partial charge in [0.2, 0.25) is 0 Å². The third-order valence-electron chi connectivity index (χ3n) is 9.31. The first-order valence-electron chi connectivity index (χ1n) is 22.0. The van der Waals surface area contributed by atoms with Crippen LogP contribution in [0.1, 0.15) is 168 Å². The van der Waals surface area contributed by atoms with E-state index >= 15 is 0 Å². The molecule has 0 aromatic rings. The van der Waals surface area contributed by atoms with Crippen LogP contribution < -0.4 is 0 Å². The first-order chi connectivity index (χ1) is 27.7. The third-order valence-corrected chi connectivity index (χ3v) is 9.80. The van der Waals surface area contributed by atoms with Crippen LogP contribution in [0.3, 0.4) is 0 Å². The number of phosphoric ester groups is 1. The van der Waals surface area contributed by atoms with Crippen molar-refractivity contribution in [2.75, 3.05) is 13.2 Å². The van der Waals surface area contributed by atoms with E-state index in [0.29, 0.717) is 25.0 Å². The van der Waals surface area contributed by atoms with Gasteiger partial charge in [-0.05, 0) is 83.5 Å². The molecule has 1 aliphatic heterocycles. The Labute approximate surface area is 346 Å². The van der Waals surface area contributed by atoms with Gasteiger partial charge in [0.05, 0.1) is 18.8 Å². The zero-order chi connectivity index (χ0) is 41.5. The molecule has 9 nitrogen and oxygen atoms in total. The van der Waals surface area contributed by atoms with Crippen LogP contribution in [0.2, 0.25) is 0 Å². The van der Waals surface area contributed by atoms with Crippen LogP contribution in [0.25, 0.3) is 0 Å². The Kier molecular flexibility index (Phi) is 34.3. The molecule has 1 heterocycles. The lowest BCUT2D eigenvalue weighted by atomic mass is 10.1. The van der Waals surface area contributed by atoms with E-state index in [-0.39, 0.29) is 19.4 Å². The molecule has 0 aromatic carbocycles. The molecule has 0 bridgehead atoms. The van der Waals surface area contributed by atoms with Crippen molar-refractivity contribution in [2.24, 2.45) is 0 Å². The standard InChI is InChI=1S/C47H77O9P/c1-3-5-7-8-9-10-11-12-13-14-15-16-17-18-22-25-28-31-35-39-46(48)53-41-43(42-54-57(50,51)52)55-47(49)40-36-32-29-26-23-20-19-21-24-27-30-34-38-45-44(56-45)37-33-6-4-2/h6,9-10,12-13,20-21,23-24,29-30,32-34,43-45H,3-5,7-8,11,14-19,22,25-28,31,35-42H2,1-2H3,(H2,50,51,52)/b10-9-,13-12-,23-20-,24-21-,32-29-,33-6-,34-30-/t43-,44?,45?/m1/s1. The molecule has 1 fully saturated rings. The highest BCUT2D eigenvalue weighted by atomic mass is 31.2. The van der Waals surface area contributed by atoms with Gasteiger partial charge in [-0.2, -0.15) is 0 Å². The Morgan fingerprint density at radius 1 is 0.561 bits per heavy atom. The van der Waals surface area contributed by atoms with Crippen LogP contribution in [0.15, 0.2) is 85.1 Å². The molecule has 0 amide bonds. The predicted octanol–water partition coefficient (Wildman–Crippen LogP) is 12.6. The Morgan fingerprint density at radius 3 is 1.58 bits per heavy atom. The Morgan fingerprint density at radius 2 is 1.04 bits per heavy atom. The van der Waals surface area contributed by atoms with Crippen LogP contribution in [0, 0.1) is 0 Å². The maximum Gasteiger partial charge on any atom is 0.469 e. The molecular formula is C47H77O9P. The molecule has 0 aromatic heterocycles. The SMILES string of the molecule is CC/C=C\CC1OC1C/C=C\C/C=C\C/C=C\C/C=C\CCC(=O)O[C@H](COC(=O)CCCCCCCCCCC/C=C\C/C=C\CCCCC)COP(=O)(O)O. The van der Waals surface area contributed by atoms with Gasteiger partial charge < -0.3 is 24.0 Å². The fraction of sp³-hybridized carbons (Fsp3) is 0.660. The van der Waals surface area contributed by atoms with E-state index in [4.69, 9.17) is 24.0 Å². The van der Waals surface area contributed by atoms with Crippen molar-refractivity contribution >= 4 is 19.8 Å². The zero-order valence-electron chi connectivity index (χ0n) is 35.4. The summed E-state index contributed by atoms with van der Waals surface area (Å²) in [4.78, 5) is 42.9. The second-order valence-electron chi connectivity index (χ2n) is 14.7. The van der Waals surface area contributed by atoms with Gasteiger partial charge in [0.25, 0.3) is 0 Å². The van der Waals surface area contributed by atoms with Gasteiger partial charge in [-0.3, -0.25) is 14.1 Å². The number of carbonyl (C=O) groups excluding carboxylic acids is 2. The molecule has 2 unspecified atom stereocenters. The average Bonchev–Trinajstić information content (AvgIpc) is 3.94. The number of esters is 2. The summed E-state index contributed by atoms with van der Waals surface area (Å²) in [5.74, 6) is -0.997. The molecule has 10 heteroatoms. The highest BCUT2D eigenvalue weighted by Crippen LogP contribution is 2.36. The number of phosphoric acid groups is 1. The molecule has 1 saturated heterocycles. The normalized spacial score (nSPS) is 16.8. The van der Waals surface area contributed by atoms with Gasteiger partial charge in [-0.1, -0.05) is 157 Å². The summed E-state index contributed by atoms with van der Waals surface area (Å²) < 4.78 is 32.0. The van der Waals surface area contributed by atoms with Crippen LogP contribution >= 0.6 is 7.82 Å². The van der Waals surface area contributed by atoms with Crippen LogP contribution in [-0.2, 0) is 32.9 Å². The second-order valence-corrected chi connectivity index (χ2v) is 15.9. The highest BCUT2D eigenvalue weighted by Gasteiger charge is 2.35. The molecule has 3 atom stereocenters. The fourth-order valence-corrected chi connectivity index (χ4v) is 6.30. The summed E-state index contributed by atoms with van der Waals surface area (Å²) in [6, 6.07) is 0. The molecule has 0 aliphatic carbocycles. The smallest absolute Gasteiger partial charge is 0.462 e. The second kappa shape index (κ2) is 37.5. The van der Waals surface area contributed by atoms with Crippen molar-refractivity contribution < 1.29 is 42.7 Å². The fourth-order valence-electron chi connectivity index (χ4n) is 5.94. The van der Waals surface area contributed by atoms with Gasteiger partial charge in [0, 0.05) is 12.8 Å². The predicted molar refractivity (Wildman–Crippen MR) is 234 cm³/mol. The first kappa shape index (κ1) is 52.2. The van der Waals surface area contributed by atoms with Crippen LogP contribution in [-0.4, -0.2) is 53.3 Å². The Balaban J connectivity index is 2.10. The summed E-state index contributed by atoms with van der Waals surface area (Å²) in [5.41, 5.74) is 0. The number of hydrogen-bond acceptors (Lipinski definition) is 7. The van der Waals surface area contributed by atoms with E-state index in [9.17, 15) is 14.2 Å². The molecule has 0 spiro atoms. The lowest BCUT2D eigenvalue weighted by molar-refractivity contribution is -0.161. The number of allylic oxidation sites excluding steroid dienone is 12. The van der Waals surface area contributed by atoms with Crippen molar-refractivity contribution in [3.63, 3.8) is 0 Å². The van der Waals surface area contributed by atoms with E-state index in [2.05, 4.69) is 91.3 Å². The molecule has 1 aliphatic rings. The van der Waals surface area contributed by atoms with Crippen molar-refractivity contribution in [1.82, 2.24) is 0 Å². The van der Waals surface area contributed by atoms with Crippen molar-refractivity contribution in [3.05, 3.63) is 85.1 Å². The van der Waals surface area contributed by atoms with E-state index in [1.165, 1.54) is 57.8 Å². The van der Waals surface area contributed by atoms with Gasteiger partial charge in [0.1, 0.15) is 6.61 Å². The minimum Gasteiger partial charge on any atom is -0.462 e. The largest absolute Gasteiger partial charge is 0.469 e. The third kappa shape index (κ3) is 37.2. The van der Waals surface area contributed by atoms with Crippen molar-refractivity contribution in [3.8, 4) is 0 Å². The molecule has 2 N–H and O–H groups in total. The molecule has 57 heavy (non-hydrogen) atoms. The zero-order valence-corrected chi connectivity index (χ0v) is 36.3. The first-order valence-corrected chi connectivity index (χ1v) is 23.5. The lowest BCUT2D eigenvalue weighted by Crippen LogP contribution is -2.29. The number of carbonyl (C=O) groups is 2. The molecule has 1 rings (SSSR count). The molecule has 0 saturated carbocycles. The van der Waals surface area contributed by atoms with Crippen LogP contribution in [0.4, 0.5) is 0 Å². The monoisotopic (exact) mass is 817 g/mol. The van der Waals surface area contributed by atoms with Gasteiger partial charge in [0.15, 0.2) is 6.10 Å². The maximum absolute atomic E-state index is 12.4. The quantitative estimate of drug-likeness (QED) is 0.0205. The van der Waals surface area contributed by atoms with E-state index in [0.717, 1.165) is 70.6 Å². The van der Waals surface area contributed by atoms with E-state index in [1.54, 1.807) is 0 Å². The number of hydrogen-bond donors (Lipinski definition) is 2. The average molecular weight is 817 g/mol. The highest BCUT2D eigenvalue weighted by molar-refractivity contribution is 7.46. The Bertz CT molecular complexity index is 1260. The number of rotatable bonds is 38. The van der Waals surface area contributed by atoms with Crippen molar-refractivity contribution in [1.29, 1.82) is 0 Å².